The van der Waals surface area contributed by atoms with Gasteiger partial charge in [0.1, 0.15) is 16.9 Å². The number of imide groups is 1. The Morgan fingerprint density at radius 3 is 2.39 bits per heavy atom. The third-order valence-electron chi connectivity index (χ3n) is 7.56. The predicted molar refractivity (Wildman–Crippen MR) is 120 cm³/mol. The summed E-state index contributed by atoms with van der Waals surface area (Å²) in [5.74, 6) is -1.16. The summed E-state index contributed by atoms with van der Waals surface area (Å²) in [4.78, 5) is 52.4. The summed E-state index contributed by atoms with van der Waals surface area (Å²) in [5, 5.41) is 20.6. The summed E-state index contributed by atoms with van der Waals surface area (Å²) in [6.07, 6.45) is 6.20. The predicted octanol–water partition coefficient (Wildman–Crippen LogP) is 1.01. The summed E-state index contributed by atoms with van der Waals surface area (Å²) >= 11 is 0. The van der Waals surface area contributed by atoms with Gasteiger partial charge in [-0.25, -0.2) is 9.59 Å². The monoisotopic (exact) mass is 460 g/mol. The minimum absolute atomic E-state index is 0.165. The van der Waals surface area contributed by atoms with E-state index in [2.05, 4.69) is 5.32 Å². The number of carbonyl (C=O) groups is 2. The number of amides is 3. The summed E-state index contributed by atoms with van der Waals surface area (Å²) in [6.45, 7) is 2.67. The lowest BCUT2D eigenvalue weighted by Crippen LogP contribution is -2.56. The highest BCUT2D eigenvalue weighted by Crippen LogP contribution is 2.42. The quantitative estimate of drug-likeness (QED) is 0.269. The molecule has 3 amide bonds. The minimum Gasteiger partial charge on any atom is -0.494 e. The van der Waals surface area contributed by atoms with Crippen LogP contribution in [-0.4, -0.2) is 49.0 Å². The number of nitrogen functional groups attached to an aromatic ring is 1. The number of rotatable bonds is 7. The Morgan fingerprint density at radius 2 is 1.85 bits per heavy atom. The van der Waals surface area contributed by atoms with Gasteiger partial charge in [0.05, 0.1) is 0 Å². The van der Waals surface area contributed by atoms with Gasteiger partial charge < -0.3 is 15.7 Å². The Hall–Kier alpha value is -3.11. The number of amidine groups is 1. The van der Waals surface area contributed by atoms with Crippen LogP contribution in [0.1, 0.15) is 76.3 Å². The average molecular weight is 461 g/mol. The van der Waals surface area contributed by atoms with Crippen molar-refractivity contribution in [1.29, 1.82) is 5.41 Å². The van der Waals surface area contributed by atoms with Crippen molar-refractivity contribution < 1.29 is 14.7 Å². The van der Waals surface area contributed by atoms with Gasteiger partial charge >= 0.3 is 11.7 Å². The van der Waals surface area contributed by atoms with Crippen LogP contribution in [0.2, 0.25) is 0 Å². The molecule has 1 aromatic heterocycles. The molecule has 1 spiro atoms. The number of hydrogen-bond acceptors (Lipinski definition) is 6. The smallest absolute Gasteiger partial charge is 0.334 e. The van der Waals surface area contributed by atoms with E-state index in [0.717, 1.165) is 22.0 Å². The van der Waals surface area contributed by atoms with Gasteiger partial charge in [0.15, 0.2) is 0 Å². The van der Waals surface area contributed by atoms with Crippen molar-refractivity contribution >= 4 is 17.8 Å². The van der Waals surface area contributed by atoms with E-state index >= 15 is 0 Å². The van der Waals surface area contributed by atoms with E-state index in [0.29, 0.717) is 51.5 Å². The third kappa shape index (κ3) is 3.72. The molecule has 3 fully saturated rings. The number of unbranched alkanes of at least 4 members (excludes halogenated alkanes) is 1. The molecule has 2 saturated carbocycles. The van der Waals surface area contributed by atoms with Gasteiger partial charge in [-0.2, -0.15) is 0 Å². The number of nitrogens with zero attached hydrogens (tertiary/aromatic N) is 3. The molecule has 0 atom stereocenters. The summed E-state index contributed by atoms with van der Waals surface area (Å²) in [5.41, 5.74) is 3.21. The highest BCUT2D eigenvalue weighted by atomic mass is 16.3. The van der Waals surface area contributed by atoms with E-state index in [1.165, 1.54) is 0 Å². The van der Waals surface area contributed by atoms with E-state index in [1.807, 2.05) is 6.92 Å². The standard InChI is InChI=1S/C22H32N6O5/c1-2-3-11-26-17(29)15(16(23)24)18(30)28(21(26)33)14-7-5-13(6-8-14)12-27-20(32)25-19(31)22(27)9-4-10-22/h13-14,29H,2-12H2,1H3,(H3,23,24)(H,25,31,32). The highest BCUT2D eigenvalue weighted by molar-refractivity contribution is 6.07. The number of hydrogen-bond donors (Lipinski definition) is 4. The first-order valence-corrected chi connectivity index (χ1v) is 11.8. The van der Waals surface area contributed by atoms with Crippen LogP contribution in [0.15, 0.2) is 9.59 Å². The van der Waals surface area contributed by atoms with Gasteiger partial charge in [0, 0.05) is 19.1 Å². The Balaban J connectivity index is 1.54. The van der Waals surface area contributed by atoms with Crippen molar-refractivity contribution in [2.75, 3.05) is 6.54 Å². The van der Waals surface area contributed by atoms with Crippen LogP contribution in [0.25, 0.3) is 0 Å². The normalized spacial score (nSPS) is 24.1. The number of nitrogens with one attached hydrogen (secondary N) is 2. The summed E-state index contributed by atoms with van der Waals surface area (Å²) in [6, 6.07) is -0.707. The lowest BCUT2D eigenvalue weighted by atomic mass is 9.74. The molecule has 1 saturated heterocycles. The van der Waals surface area contributed by atoms with Crippen molar-refractivity contribution in [3.05, 3.63) is 26.4 Å². The van der Waals surface area contributed by atoms with Crippen LogP contribution < -0.4 is 22.3 Å². The van der Waals surface area contributed by atoms with E-state index in [9.17, 15) is 24.3 Å². The largest absolute Gasteiger partial charge is 0.494 e. The number of nitrogens with two attached hydrogens (primary N) is 1. The molecule has 11 nitrogen and oxygen atoms in total. The first-order chi connectivity index (χ1) is 15.7. The summed E-state index contributed by atoms with van der Waals surface area (Å²) in [7, 11) is 0. The van der Waals surface area contributed by atoms with Gasteiger partial charge in [0.2, 0.25) is 5.88 Å². The molecule has 1 aromatic rings. The van der Waals surface area contributed by atoms with Gasteiger partial charge in [-0.1, -0.05) is 13.3 Å². The first-order valence-electron chi connectivity index (χ1n) is 11.8. The summed E-state index contributed by atoms with van der Waals surface area (Å²) < 4.78 is 2.27. The molecule has 2 heterocycles. The van der Waals surface area contributed by atoms with Crippen molar-refractivity contribution in [1.82, 2.24) is 19.4 Å². The molecule has 4 rings (SSSR count). The molecular weight excluding hydrogens is 428 g/mol. The first kappa shape index (κ1) is 23.1. The van der Waals surface area contributed by atoms with Crippen LogP contribution in [0.4, 0.5) is 4.79 Å². The second-order valence-electron chi connectivity index (χ2n) is 9.50. The van der Waals surface area contributed by atoms with Crippen LogP contribution in [0, 0.1) is 11.3 Å². The maximum absolute atomic E-state index is 13.1. The third-order valence-corrected chi connectivity index (χ3v) is 7.56. The van der Waals surface area contributed by atoms with Gasteiger partial charge in [-0.3, -0.25) is 29.4 Å². The fraction of sp³-hybridized carbons (Fsp3) is 0.682. The Bertz CT molecular complexity index is 1090. The van der Waals surface area contributed by atoms with Crippen LogP contribution >= 0.6 is 0 Å². The van der Waals surface area contributed by atoms with Crippen molar-refractivity contribution in [2.45, 2.75) is 82.8 Å². The van der Waals surface area contributed by atoms with Crippen molar-refractivity contribution in [2.24, 2.45) is 11.7 Å². The molecule has 0 unspecified atom stereocenters. The number of aromatic nitrogens is 2. The Labute approximate surface area is 191 Å². The lowest BCUT2D eigenvalue weighted by molar-refractivity contribution is -0.131. The van der Waals surface area contributed by atoms with Gasteiger partial charge in [-0.15, -0.1) is 0 Å². The molecule has 5 N–H and O–H groups in total. The maximum Gasteiger partial charge on any atom is 0.334 e. The second-order valence-corrected chi connectivity index (χ2v) is 9.50. The average Bonchev–Trinajstić information content (AvgIpc) is 2.98. The number of aromatic hydroxyl groups is 1. The molecule has 0 radical (unpaired) electrons. The van der Waals surface area contributed by atoms with Crippen LogP contribution in [0.5, 0.6) is 5.88 Å². The molecule has 0 bridgehead atoms. The molecular formula is C22H32N6O5. The zero-order valence-corrected chi connectivity index (χ0v) is 18.9. The van der Waals surface area contributed by atoms with E-state index in [-0.39, 0.29) is 36.0 Å². The van der Waals surface area contributed by atoms with Crippen molar-refractivity contribution in [3.8, 4) is 5.88 Å². The van der Waals surface area contributed by atoms with E-state index in [4.69, 9.17) is 11.1 Å². The topological polar surface area (TPSA) is 164 Å². The molecule has 33 heavy (non-hydrogen) atoms. The zero-order chi connectivity index (χ0) is 23.9. The van der Waals surface area contributed by atoms with Gasteiger partial charge in [-0.05, 0) is 57.3 Å². The molecule has 0 aromatic carbocycles. The zero-order valence-electron chi connectivity index (χ0n) is 18.9. The number of urea groups is 1. The van der Waals surface area contributed by atoms with E-state index in [1.54, 1.807) is 4.90 Å². The minimum atomic E-state index is -0.737. The Morgan fingerprint density at radius 1 is 1.18 bits per heavy atom. The molecule has 1 aliphatic heterocycles. The Kier molecular flexibility index (Phi) is 6.06. The lowest BCUT2D eigenvalue weighted by Gasteiger charge is -2.44. The molecule has 2 aliphatic carbocycles. The molecule has 11 heteroatoms. The van der Waals surface area contributed by atoms with E-state index < -0.39 is 28.5 Å². The number of carbonyl (C=O) groups excluding carboxylic acids is 2. The van der Waals surface area contributed by atoms with Crippen LogP contribution in [0.3, 0.4) is 0 Å². The highest BCUT2D eigenvalue weighted by Gasteiger charge is 2.56. The molecule has 180 valence electrons. The van der Waals surface area contributed by atoms with Gasteiger partial charge in [0.25, 0.3) is 11.5 Å². The maximum atomic E-state index is 13.1. The second kappa shape index (κ2) is 8.68. The molecule has 3 aliphatic rings. The fourth-order valence-corrected chi connectivity index (χ4v) is 5.44. The van der Waals surface area contributed by atoms with Crippen molar-refractivity contribution in [3.63, 3.8) is 0 Å². The fourth-order valence-electron chi connectivity index (χ4n) is 5.44. The van der Waals surface area contributed by atoms with Crippen LogP contribution in [-0.2, 0) is 11.3 Å². The SMILES string of the molecule is CCCCn1c(O)c(C(=N)N)c(=O)n(C2CCC(CN3C(=O)NC(=O)C34CCC4)CC2)c1=O.